The average Bonchev–Trinajstić information content (AvgIpc) is 2.68. The van der Waals surface area contributed by atoms with Crippen molar-refractivity contribution in [1.29, 1.82) is 0 Å². The fraction of sp³-hybridized carbons (Fsp3) is 0.632. The van der Waals surface area contributed by atoms with Gasteiger partial charge in [-0.05, 0) is 30.5 Å². The summed E-state index contributed by atoms with van der Waals surface area (Å²) >= 11 is 0. The van der Waals surface area contributed by atoms with Crippen molar-refractivity contribution in [3.8, 4) is 0 Å². The van der Waals surface area contributed by atoms with Gasteiger partial charge in [-0.2, -0.15) is 4.31 Å². The summed E-state index contributed by atoms with van der Waals surface area (Å²) in [4.78, 5) is 12.4. The number of carbonyl (C=O) groups is 1. The zero-order valence-electron chi connectivity index (χ0n) is 15.2. The van der Waals surface area contributed by atoms with Crippen molar-refractivity contribution in [2.24, 2.45) is 5.92 Å². The van der Waals surface area contributed by atoms with Crippen molar-refractivity contribution in [3.05, 3.63) is 24.3 Å². The predicted octanol–water partition coefficient (Wildman–Crippen LogP) is 3.01. The van der Waals surface area contributed by atoms with Crippen LogP contribution in [-0.4, -0.2) is 44.9 Å². The van der Waals surface area contributed by atoms with E-state index >= 15 is 0 Å². The Morgan fingerprint density at radius 3 is 2.62 bits per heavy atom. The van der Waals surface area contributed by atoms with Crippen molar-refractivity contribution < 1.29 is 17.9 Å². The smallest absolute Gasteiger partial charge is 0.243 e. The van der Waals surface area contributed by atoms with Crippen LogP contribution in [0.4, 0.5) is 5.69 Å². The summed E-state index contributed by atoms with van der Waals surface area (Å²) in [6.45, 7) is 1.55. The zero-order valence-corrected chi connectivity index (χ0v) is 16.0. The number of hydrogen-bond acceptors (Lipinski definition) is 4. The molecule has 1 saturated heterocycles. The van der Waals surface area contributed by atoms with Gasteiger partial charge in [0.15, 0.2) is 0 Å². The molecule has 1 amide bonds. The van der Waals surface area contributed by atoms with Crippen LogP contribution in [0, 0.1) is 5.92 Å². The van der Waals surface area contributed by atoms with Gasteiger partial charge in [-0.15, -0.1) is 0 Å². The monoisotopic (exact) mass is 380 g/mol. The van der Waals surface area contributed by atoms with E-state index in [1.165, 1.54) is 36.4 Å². The number of amides is 1. The molecular weight excluding hydrogens is 352 g/mol. The number of nitrogens with one attached hydrogen (secondary N) is 1. The Kier molecular flexibility index (Phi) is 6.67. The maximum atomic E-state index is 12.7. The molecule has 1 aromatic carbocycles. The second-order valence-corrected chi connectivity index (χ2v) is 9.07. The van der Waals surface area contributed by atoms with Crippen LogP contribution in [0.3, 0.4) is 0 Å². The maximum absolute atomic E-state index is 12.7. The average molecular weight is 381 g/mol. The van der Waals surface area contributed by atoms with Crippen LogP contribution in [0.5, 0.6) is 0 Å². The summed E-state index contributed by atoms with van der Waals surface area (Å²) in [7, 11) is -3.55. The van der Waals surface area contributed by atoms with Crippen LogP contribution in [0.2, 0.25) is 0 Å². The highest BCUT2D eigenvalue weighted by molar-refractivity contribution is 7.89. The molecular formula is C19H28N2O4S. The number of sulfonamides is 1. The van der Waals surface area contributed by atoms with Crippen LogP contribution >= 0.6 is 0 Å². The lowest BCUT2D eigenvalue weighted by atomic mass is 9.86. The molecule has 0 spiro atoms. The molecule has 26 heavy (non-hydrogen) atoms. The minimum Gasteiger partial charge on any atom is -0.379 e. The number of anilines is 1. The lowest BCUT2D eigenvalue weighted by molar-refractivity contribution is -0.116. The van der Waals surface area contributed by atoms with Crippen molar-refractivity contribution in [2.45, 2.75) is 49.8 Å². The number of ether oxygens (including phenoxy) is 1. The van der Waals surface area contributed by atoms with Crippen LogP contribution in [-0.2, 0) is 19.6 Å². The summed E-state index contributed by atoms with van der Waals surface area (Å²) in [6, 6.07) is 6.52. The van der Waals surface area contributed by atoms with Gasteiger partial charge in [0.25, 0.3) is 0 Å². The third-order valence-corrected chi connectivity index (χ3v) is 7.12. The van der Waals surface area contributed by atoms with Gasteiger partial charge in [-0.1, -0.05) is 38.2 Å². The molecule has 1 aliphatic heterocycles. The molecule has 6 nitrogen and oxygen atoms in total. The Labute approximate surface area is 156 Å². The summed E-state index contributed by atoms with van der Waals surface area (Å²) in [6.07, 6.45) is 7.71. The van der Waals surface area contributed by atoms with E-state index in [1.54, 1.807) is 24.3 Å². The quantitative estimate of drug-likeness (QED) is 0.823. The SMILES string of the molecule is O=C(CCC1CCCCC1)Nc1cccc(S(=O)(=O)N2CCOCC2)c1. The van der Waals surface area contributed by atoms with Gasteiger partial charge >= 0.3 is 0 Å². The first-order chi connectivity index (χ1) is 12.6. The standard InChI is InChI=1S/C19H28N2O4S/c22-19(10-9-16-5-2-1-3-6-16)20-17-7-4-8-18(15-17)26(23,24)21-11-13-25-14-12-21/h4,7-8,15-16H,1-3,5-6,9-14H2,(H,20,22). The van der Waals surface area contributed by atoms with E-state index in [9.17, 15) is 13.2 Å². The molecule has 1 saturated carbocycles. The molecule has 1 heterocycles. The van der Waals surface area contributed by atoms with Crippen molar-refractivity contribution >= 4 is 21.6 Å². The molecule has 1 N–H and O–H groups in total. The number of nitrogens with zero attached hydrogens (tertiary/aromatic N) is 1. The number of rotatable bonds is 6. The first kappa shape index (κ1) is 19.3. The molecule has 0 aromatic heterocycles. The highest BCUT2D eigenvalue weighted by Crippen LogP contribution is 2.27. The highest BCUT2D eigenvalue weighted by atomic mass is 32.2. The molecule has 0 bridgehead atoms. The number of morpholine rings is 1. The van der Waals surface area contributed by atoms with Crippen LogP contribution in [0.1, 0.15) is 44.9 Å². The van der Waals surface area contributed by atoms with Crippen molar-refractivity contribution in [3.63, 3.8) is 0 Å². The fourth-order valence-corrected chi connectivity index (χ4v) is 5.16. The molecule has 0 atom stereocenters. The van der Waals surface area contributed by atoms with E-state index in [0.717, 1.165) is 6.42 Å². The fourth-order valence-electron chi connectivity index (χ4n) is 3.70. The van der Waals surface area contributed by atoms with Crippen LogP contribution < -0.4 is 5.32 Å². The Morgan fingerprint density at radius 1 is 1.15 bits per heavy atom. The normalized spacial score (nSPS) is 20.0. The molecule has 1 aromatic rings. The molecule has 1 aliphatic carbocycles. The maximum Gasteiger partial charge on any atom is 0.243 e. The number of hydrogen-bond donors (Lipinski definition) is 1. The van der Waals surface area contributed by atoms with Gasteiger partial charge in [-0.3, -0.25) is 4.79 Å². The summed E-state index contributed by atoms with van der Waals surface area (Å²) in [5.74, 6) is 0.610. The van der Waals surface area contributed by atoms with Crippen LogP contribution in [0.15, 0.2) is 29.2 Å². The highest BCUT2D eigenvalue weighted by Gasteiger charge is 2.26. The number of benzene rings is 1. The summed E-state index contributed by atoms with van der Waals surface area (Å²) < 4.78 is 32.1. The van der Waals surface area contributed by atoms with E-state index in [0.29, 0.717) is 44.3 Å². The minimum atomic E-state index is -3.55. The molecule has 144 valence electrons. The lowest BCUT2D eigenvalue weighted by Crippen LogP contribution is -2.40. The van der Waals surface area contributed by atoms with Gasteiger partial charge in [0.05, 0.1) is 18.1 Å². The van der Waals surface area contributed by atoms with Gasteiger partial charge < -0.3 is 10.1 Å². The third-order valence-electron chi connectivity index (χ3n) is 5.23. The van der Waals surface area contributed by atoms with Gasteiger partial charge in [0, 0.05) is 25.2 Å². The second kappa shape index (κ2) is 8.97. The van der Waals surface area contributed by atoms with E-state index in [-0.39, 0.29) is 10.8 Å². The zero-order chi connectivity index (χ0) is 18.4. The topological polar surface area (TPSA) is 75.7 Å². The van der Waals surface area contributed by atoms with Gasteiger partial charge in [0.2, 0.25) is 15.9 Å². The molecule has 0 unspecified atom stereocenters. The summed E-state index contributed by atoms with van der Waals surface area (Å²) in [5, 5.41) is 2.85. The predicted molar refractivity (Wildman–Crippen MR) is 100 cm³/mol. The number of carbonyl (C=O) groups excluding carboxylic acids is 1. The summed E-state index contributed by atoms with van der Waals surface area (Å²) in [5.41, 5.74) is 0.535. The van der Waals surface area contributed by atoms with Gasteiger partial charge in [-0.25, -0.2) is 8.42 Å². The molecule has 7 heteroatoms. The lowest BCUT2D eigenvalue weighted by Gasteiger charge is -2.26. The minimum absolute atomic E-state index is 0.0449. The Bertz CT molecular complexity index is 708. The largest absolute Gasteiger partial charge is 0.379 e. The molecule has 2 fully saturated rings. The molecule has 3 rings (SSSR count). The first-order valence-electron chi connectivity index (χ1n) is 9.53. The van der Waals surface area contributed by atoms with Crippen LogP contribution in [0.25, 0.3) is 0 Å². The Hall–Kier alpha value is -1.44. The third kappa shape index (κ3) is 5.05. The first-order valence-corrected chi connectivity index (χ1v) is 11.0. The van der Waals surface area contributed by atoms with Crippen molar-refractivity contribution in [2.75, 3.05) is 31.6 Å². The Morgan fingerprint density at radius 2 is 1.88 bits per heavy atom. The van der Waals surface area contributed by atoms with E-state index < -0.39 is 10.0 Å². The second-order valence-electron chi connectivity index (χ2n) is 7.14. The van der Waals surface area contributed by atoms with Gasteiger partial charge in [0.1, 0.15) is 0 Å². The molecule has 2 aliphatic rings. The van der Waals surface area contributed by atoms with E-state index in [4.69, 9.17) is 4.74 Å². The van der Waals surface area contributed by atoms with E-state index in [1.807, 2.05) is 0 Å². The Balaban J connectivity index is 1.58. The molecule has 0 radical (unpaired) electrons. The van der Waals surface area contributed by atoms with Crippen molar-refractivity contribution in [1.82, 2.24) is 4.31 Å². The van der Waals surface area contributed by atoms with E-state index in [2.05, 4.69) is 5.32 Å².